The third kappa shape index (κ3) is 10.9. The summed E-state index contributed by atoms with van der Waals surface area (Å²) in [4.78, 5) is 0. The molecule has 1 aliphatic heterocycles. The maximum absolute atomic E-state index is 6.05. The Kier molecular flexibility index (Phi) is 20.8. The smallest absolute Gasteiger partial charge is 0 e. The van der Waals surface area contributed by atoms with Crippen LogP contribution in [0.3, 0.4) is 0 Å². The van der Waals surface area contributed by atoms with Crippen LogP contribution in [0.15, 0.2) is 78.9 Å². The van der Waals surface area contributed by atoms with Crippen LogP contribution in [0.25, 0.3) is 0 Å². The SMILES string of the molecule is CC.COC.[CH2-]Oc1ccc(C2c3ccccc3OCC2c2ccccc2)cc1.[I][V][I].[Y]. The summed E-state index contributed by atoms with van der Waals surface area (Å²) in [5.41, 5.74) is 3.80. The van der Waals surface area contributed by atoms with Gasteiger partial charge in [0.25, 0.3) is 0 Å². The van der Waals surface area contributed by atoms with Gasteiger partial charge in [-0.05, 0) is 29.3 Å². The second kappa shape index (κ2) is 20.5. The average molecular weight is 785 g/mol. The van der Waals surface area contributed by atoms with E-state index < -0.39 is 0 Å². The topological polar surface area (TPSA) is 27.7 Å². The van der Waals surface area contributed by atoms with Gasteiger partial charge in [0.1, 0.15) is 5.75 Å². The number of ether oxygens (including phenoxy) is 3. The number of rotatable bonds is 3. The van der Waals surface area contributed by atoms with Gasteiger partial charge >= 0.3 is 49.4 Å². The molecule has 1 heterocycles. The van der Waals surface area contributed by atoms with Gasteiger partial charge < -0.3 is 14.2 Å². The average Bonchev–Trinajstić information content (AvgIpc) is 2.86. The molecule has 176 valence electrons. The third-order valence-electron chi connectivity index (χ3n) is 4.71. The van der Waals surface area contributed by atoms with Crippen molar-refractivity contribution in [3.8, 4) is 11.5 Å². The van der Waals surface area contributed by atoms with E-state index in [2.05, 4.69) is 112 Å². The summed E-state index contributed by atoms with van der Waals surface area (Å²) in [6.45, 7) is 4.68. The van der Waals surface area contributed by atoms with Crippen LogP contribution in [0.5, 0.6) is 11.5 Å². The number of halogens is 2. The molecule has 7 heteroatoms. The number of benzene rings is 3. The van der Waals surface area contributed by atoms with E-state index in [1.165, 1.54) is 16.7 Å². The van der Waals surface area contributed by atoms with E-state index in [9.17, 15) is 0 Å². The quantitative estimate of drug-likeness (QED) is 0.198. The molecule has 1 aliphatic rings. The molecule has 0 aromatic heterocycles. The molecule has 0 amide bonds. The molecule has 0 fully saturated rings. The molecular formula is C26H31I2O3VY-. The van der Waals surface area contributed by atoms with Crippen molar-refractivity contribution < 1.29 is 56.4 Å². The van der Waals surface area contributed by atoms with E-state index in [0.717, 1.165) is 11.5 Å². The Labute approximate surface area is 253 Å². The van der Waals surface area contributed by atoms with Gasteiger partial charge in [0.05, 0.1) is 12.4 Å². The van der Waals surface area contributed by atoms with Gasteiger partial charge in [-0.1, -0.05) is 74.5 Å². The molecule has 2 unspecified atom stereocenters. The van der Waals surface area contributed by atoms with Crippen molar-refractivity contribution in [1.29, 1.82) is 0 Å². The Morgan fingerprint density at radius 3 is 1.91 bits per heavy atom. The van der Waals surface area contributed by atoms with Gasteiger partial charge in [-0.15, -0.1) is 0 Å². The molecule has 3 nitrogen and oxygen atoms in total. The first-order valence-electron chi connectivity index (χ1n) is 10.3. The first-order valence-corrected chi connectivity index (χ1v) is 19.3. The summed E-state index contributed by atoms with van der Waals surface area (Å²) in [6.07, 6.45) is 0. The van der Waals surface area contributed by atoms with E-state index in [1.54, 1.807) is 14.2 Å². The molecule has 1 radical (unpaired) electrons. The summed E-state index contributed by atoms with van der Waals surface area (Å²) in [6, 6.07) is 27.1. The van der Waals surface area contributed by atoms with Crippen LogP contribution >= 0.6 is 40.0 Å². The summed E-state index contributed by atoms with van der Waals surface area (Å²) in [7, 11) is 7.35. The summed E-state index contributed by atoms with van der Waals surface area (Å²) < 4.78 is 15.4. The molecule has 0 spiro atoms. The zero-order chi connectivity index (χ0) is 23.8. The molecule has 0 saturated carbocycles. The van der Waals surface area contributed by atoms with Gasteiger partial charge in [-0.25, -0.2) is 0 Å². The van der Waals surface area contributed by atoms with Gasteiger partial charge in [0.2, 0.25) is 0 Å². The standard InChI is InChI=1S/C22H19O2.C2H6O.C2H6.2HI.V.Y/c1-23-18-13-11-17(12-14-18)22-19-9-5-6-10-21(19)24-15-20(22)16-7-3-2-4-8-16;1-3-2;1-2;;;;/h2-14,20,22H,1,15H2;1-2H3;1-2H3;2*1H;;/q-1;;;;;+2;/p-2. The van der Waals surface area contributed by atoms with Crippen molar-refractivity contribution in [1.82, 2.24) is 0 Å². The van der Waals surface area contributed by atoms with Gasteiger partial charge in [0.15, 0.2) is 0 Å². The Hall–Kier alpha value is 0.368. The normalized spacial score (nSPS) is 15.1. The van der Waals surface area contributed by atoms with Crippen LogP contribution in [-0.2, 0) is 46.9 Å². The fourth-order valence-electron chi connectivity index (χ4n) is 3.53. The van der Waals surface area contributed by atoms with E-state index in [1.807, 2.05) is 32.0 Å². The van der Waals surface area contributed by atoms with E-state index >= 15 is 0 Å². The Morgan fingerprint density at radius 1 is 0.848 bits per heavy atom. The van der Waals surface area contributed by atoms with Gasteiger partial charge in [-0.3, -0.25) is 0 Å². The number of hydrogen-bond donors (Lipinski definition) is 0. The molecule has 4 rings (SSSR count). The fraction of sp³-hybridized carbons (Fsp3) is 0.269. The van der Waals surface area contributed by atoms with Crippen molar-refractivity contribution >= 4 is 40.0 Å². The predicted octanol–water partition coefficient (Wildman–Crippen LogP) is 8.22. The zero-order valence-electron chi connectivity index (χ0n) is 19.6. The van der Waals surface area contributed by atoms with Crippen molar-refractivity contribution in [2.45, 2.75) is 25.7 Å². The maximum atomic E-state index is 6.05. The predicted molar refractivity (Wildman–Crippen MR) is 148 cm³/mol. The Morgan fingerprint density at radius 2 is 1.36 bits per heavy atom. The fourth-order valence-corrected chi connectivity index (χ4v) is 3.53. The number of para-hydroxylation sites is 1. The van der Waals surface area contributed by atoms with Crippen LogP contribution in [0.1, 0.15) is 42.4 Å². The van der Waals surface area contributed by atoms with E-state index in [4.69, 9.17) is 9.47 Å². The largest absolute Gasteiger partial charge is 0 e. The van der Waals surface area contributed by atoms with Crippen LogP contribution in [-0.4, -0.2) is 20.8 Å². The summed E-state index contributed by atoms with van der Waals surface area (Å²) in [5, 5.41) is 0. The minimum Gasteiger partial charge on any atom is 0 e. The Bertz CT molecular complexity index is 865. The second-order valence-electron chi connectivity index (χ2n) is 6.53. The van der Waals surface area contributed by atoms with E-state index in [0.29, 0.717) is 16.1 Å². The van der Waals surface area contributed by atoms with Crippen LogP contribution in [0, 0.1) is 7.11 Å². The number of methoxy groups -OCH3 is 1. The van der Waals surface area contributed by atoms with Crippen molar-refractivity contribution in [3.63, 3.8) is 0 Å². The third-order valence-corrected chi connectivity index (χ3v) is 4.71. The monoisotopic (exact) mass is 785 g/mol. The molecule has 0 aliphatic carbocycles. The van der Waals surface area contributed by atoms with Crippen molar-refractivity contribution in [2.75, 3.05) is 20.8 Å². The van der Waals surface area contributed by atoms with Crippen LogP contribution in [0.2, 0.25) is 0 Å². The van der Waals surface area contributed by atoms with Crippen LogP contribution in [0.4, 0.5) is 0 Å². The molecule has 3 aromatic carbocycles. The molecule has 0 N–H and O–H groups in total. The minimum absolute atomic E-state index is 0. The van der Waals surface area contributed by atoms with Gasteiger partial charge in [-0.2, -0.15) is 7.11 Å². The summed E-state index contributed by atoms with van der Waals surface area (Å²) in [5.74, 6) is 2.30. The van der Waals surface area contributed by atoms with Crippen molar-refractivity contribution in [3.05, 3.63) is 103 Å². The first-order chi connectivity index (χ1) is 15.7. The number of hydrogen-bond acceptors (Lipinski definition) is 3. The zero-order valence-corrected chi connectivity index (χ0v) is 28.1. The van der Waals surface area contributed by atoms with E-state index in [-0.39, 0.29) is 44.5 Å². The maximum Gasteiger partial charge on any atom is 0 e. The molecule has 3 aromatic rings. The molecule has 0 saturated heterocycles. The first kappa shape index (κ1) is 33.4. The second-order valence-corrected chi connectivity index (χ2v) is 18.3. The van der Waals surface area contributed by atoms with Crippen LogP contribution < -0.4 is 9.47 Å². The Balaban J connectivity index is 0.00000101. The number of fused-ring (bicyclic) bond motifs is 1. The molecule has 2 atom stereocenters. The molecule has 0 bridgehead atoms. The molecule has 33 heavy (non-hydrogen) atoms. The summed E-state index contributed by atoms with van der Waals surface area (Å²) >= 11 is 4.74. The van der Waals surface area contributed by atoms with Gasteiger partial charge in [0, 0.05) is 64.3 Å². The molecular weight excluding hydrogens is 754 g/mol. The minimum atomic E-state index is 0. The van der Waals surface area contributed by atoms with Crippen molar-refractivity contribution in [2.24, 2.45) is 0 Å².